The van der Waals surface area contributed by atoms with Crippen LogP contribution in [0.5, 0.6) is 0 Å². The summed E-state index contributed by atoms with van der Waals surface area (Å²) < 4.78 is 0. The van der Waals surface area contributed by atoms with Crippen LogP contribution < -0.4 is 5.43 Å². The summed E-state index contributed by atoms with van der Waals surface area (Å²) in [7, 11) is 0. The molecule has 2 aromatic carbocycles. The van der Waals surface area contributed by atoms with Crippen LogP contribution in [0.25, 0.3) is 0 Å². The molecule has 0 saturated carbocycles. The molecule has 1 saturated heterocycles. The monoisotopic (exact) mass is 369 g/mol. The SMILES string of the molecule is Cc1ccccc1/C=N/NC(=O)C1CCN(Cc2ccc(Cl)cc2)CC1. The van der Waals surface area contributed by atoms with Crippen LogP contribution in [0.2, 0.25) is 5.02 Å². The average Bonchev–Trinajstić information content (AvgIpc) is 2.66. The molecule has 4 nitrogen and oxygen atoms in total. The number of aryl methyl sites for hydroxylation is 1. The maximum absolute atomic E-state index is 12.3. The summed E-state index contributed by atoms with van der Waals surface area (Å²) in [5.74, 6) is 0.0477. The van der Waals surface area contributed by atoms with Crippen molar-refractivity contribution in [1.82, 2.24) is 10.3 Å². The summed E-state index contributed by atoms with van der Waals surface area (Å²) in [5, 5.41) is 4.88. The normalized spacial score (nSPS) is 16.1. The van der Waals surface area contributed by atoms with Gasteiger partial charge < -0.3 is 0 Å². The van der Waals surface area contributed by atoms with E-state index < -0.39 is 0 Å². The zero-order valence-corrected chi connectivity index (χ0v) is 15.7. The number of hydrogen-bond acceptors (Lipinski definition) is 3. The molecule has 1 fully saturated rings. The molecule has 1 heterocycles. The Kier molecular flexibility index (Phi) is 6.42. The van der Waals surface area contributed by atoms with Gasteiger partial charge in [-0.15, -0.1) is 0 Å². The summed E-state index contributed by atoms with van der Waals surface area (Å²) in [6, 6.07) is 15.9. The number of rotatable bonds is 5. The summed E-state index contributed by atoms with van der Waals surface area (Å²) in [4.78, 5) is 14.7. The predicted octanol–water partition coefficient (Wildman–Crippen LogP) is 4.01. The fourth-order valence-electron chi connectivity index (χ4n) is 3.19. The summed E-state index contributed by atoms with van der Waals surface area (Å²) in [6.45, 7) is 4.76. The van der Waals surface area contributed by atoms with Crippen LogP contribution in [0.4, 0.5) is 0 Å². The number of carbonyl (C=O) groups excluding carboxylic acids is 1. The second-order valence-electron chi connectivity index (χ2n) is 6.77. The Labute approximate surface area is 159 Å². The van der Waals surface area contributed by atoms with Crippen molar-refractivity contribution in [2.45, 2.75) is 26.3 Å². The third kappa shape index (κ3) is 5.16. The molecule has 0 atom stereocenters. The van der Waals surface area contributed by atoms with Crippen LogP contribution in [0, 0.1) is 12.8 Å². The van der Waals surface area contributed by atoms with E-state index in [9.17, 15) is 4.79 Å². The lowest BCUT2D eigenvalue weighted by Crippen LogP contribution is -2.39. The number of piperidine rings is 1. The molecule has 1 N–H and O–H groups in total. The molecule has 2 aromatic rings. The van der Waals surface area contributed by atoms with E-state index in [1.165, 1.54) is 5.56 Å². The third-order valence-electron chi connectivity index (χ3n) is 4.84. The minimum absolute atomic E-state index is 0.0148. The highest BCUT2D eigenvalue weighted by atomic mass is 35.5. The van der Waals surface area contributed by atoms with E-state index in [1.807, 2.05) is 43.3 Å². The molecule has 5 heteroatoms. The van der Waals surface area contributed by atoms with Crippen LogP contribution >= 0.6 is 11.6 Å². The molecule has 0 radical (unpaired) electrons. The van der Waals surface area contributed by atoms with Crippen molar-refractivity contribution in [3.8, 4) is 0 Å². The number of hydrazone groups is 1. The Morgan fingerprint density at radius 3 is 2.58 bits per heavy atom. The van der Waals surface area contributed by atoms with Gasteiger partial charge in [0.1, 0.15) is 0 Å². The third-order valence-corrected chi connectivity index (χ3v) is 5.10. The van der Waals surface area contributed by atoms with Crippen LogP contribution in [0.3, 0.4) is 0 Å². The van der Waals surface area contributed by atoms with E-state index in [4.69, 9.17) is 11.6 Å². The standard InChI is InChI=1S/C21H24ClN3O/c1-16-4-2-3-5-19(16)14-23-24-21(26)18-10-12-25(13-11-18)15-17-6-8-20(22)9-7-17/h2-9,14,18H,10-13,15H2,1H3,(H,24,26)/b23-14+. The molecular weight excluding hydrogens is 346 g/mol. The number of halogens is 1. The lowest BCUT2D eigenvalue weighted by Gasteiger charge is -2.30. The van der Waals surface area contributed by atoms with Crippen molar-refractivity contribution in [3.05, 3.63) is 70.2 Å². The van der Waals surface area contributed by atoms with E-state index in [0.29, 0.717) is 0 Å². The average molecular weight is 370 g/mol. The Morgan fingerprint density at radius 1 is 1.19 bits per heavy atom. The van der Waals surface area contributed by atoms with Gasteiger partial charge in [-0.05, 0) is 61.7 Å². The van der Waals surface area contributed by atoms with Gasteiger partial charge >= 0.3 is 0 Å². The van der Waals surface area contributed by atoms with Crippen LogP contribution in [0.15, 0.2) is 53.6 Å². The molecule has 3 rings (SSSR count). The van der Waals surface area contributed by atoms with Crippen molar-refractivity contribution in [3.63, 3.8) is 0 Å². The molecule has 0 spiro atoms. The molecule has 1 amide bonds. The molecule has 136 valence electrons. The Bertz CT molecular complexity index is 765. The number of nitrogens with one attached hydrogen (secondary N) is 1. The summed E-state index contributed by atoms with van der Waals surface area (Å²) in [5.41, 5.74) is 6.11. The predicted molar refractivity (Wildman–Crippen MR) is 106 cm³/mol. The first-order valence-electron chi connectivity index (χ1n) is 8.97. The first-order chi connectivity index (χ1) is 12.6. The van der Waals surface area contributed by atoms with Gasteiger partial charge in [0, 0.05) is 17.5 Å². The Hall–Kier alpha value is -2.17. The summed E-state index contributed by atoms with van der Waals surface area (Å²) in [6.07, 6.45) is 3.43. The first-order valence-corrected chi connectivity index (χ1v) is 9.35. The van der Waals surface area contributed by atoms with Crippen molar-refractivity contribution in [2.24, 2.45) is 11.0 Å². The zero-order valence-electron chi connectivity index (χ0n) is 15.0. The maximum Gasteiger partial charge on any atom is 0.243 e. The smallest absolute Gasteiger partial charge is 0.243 e. The quantitative estimate of drug-likeness (QED) is 0.639. The highest BCUT2D eigenvalue weighted by molar-refractivity contribution is 6.30. The maximum atomic E-state index is 12.3. The lowest BCUT2D eigenvalue weighted by atomic mass is 9.96. The molecule has 0 unspecified atom stereocenters. The van der Waals surface area contributed by atoms with Gasteiger partial charge in [-0.3, -0.25) is 9.69 Å². The van der Waals surface area contributed by atoms with Gasteiger partial charge in [-0.25, -0.2) is 5.43 Å². The second kappa shape index (κ2) is 8.97. The largest absolute Gasteiger partial charge is 0.299 e. The summed E-state index contributed by atoms with van der Waals surface area (Å²) >= 11 is 5.93. The minimum atomic E-state index is 0.0148. The first kappa shape index (κ1) is 18.6. The van der Waals surface area contributed by atoms with Crippen LogP contribution in [-0.4, -0.2) is 30.1 Å². The minimum Gasteiger partial charge on any atom is -0.299 e. The van der Waals surface area contributed by atoms with Gasteiger partial charge in [-0.2, -0.15) is 5.10 Å². The van der Waals surface area contributed by atoms with Gasteiger partial charge in [0.05, 0.1) is 6.21 Å². The van der Waals surface area contributed by atoms with E-state index in [0.717, 1.165) is 48.6 Å². The number of amides is 1. The van der Waals surface area contributed by atoms with E-state index >= 15 is 0 Å². The van der Waals surface area contributed by atoms with Gasteiger partial charge in [-0.1, -0.05) is 48.0 Å². The van der Waals surface area contributed by atoms with Crippen LogP contribution in [0.1, 0.15) is 29.5 Å². The van der Waals surface area contributed by atoms with Gasteiger partial charge in [0.15, 0.2) is 0 Å². The Balaban J connectivity index is 1.44. The number of benzene rings is 2. The van der Waals surface area contributed by atoms with Crippen molar-refractivity contribution in [1.29, 1.82) is 0 Å². The highest BCUT2D eigenvalue weighted by Gasteiger charge is 2.24. The number of carbonyl (C=O) groups is 1. The zero-order chi connectivity index (χ0) is 18.4. The fraction of sp³-hybridized carbons (Fsp3) is 0.333. The molecule has 0 aliphatic carbocycles. The van der Waals surface area contributed by atoms with E-state index in [-0.39, 0.29) is 11.8 Å². The molecule has 0 aromatic heterocycles. The molecule has 1 aliphatic heterocycles. The van der Waals surface area contributed by atoms with Gasteiger partial charge in [0.25, 0.3) is 0 Å². The molecule has 26 heavy (non-hydrogen) atoms. The highest BCUT2D eigenvalue weighted by Crippen LogP contribution is 2.20. The van der Waals surface area contributed by atoms with E-state index in [2.05, 4.69) is 27.6 Å². The number of nitrogens with zero attached hydrogens (tertiary/aromatic N) is 2. The van der Waals surface area contributed by atoms with Crippen molar-refractivity contribution >= 4 is 23.7 Å². The van der Waals surface area contributed by atoms with Crippen molar-refractivity contribution < 1.29 is 4.79 Å². The lowest BCUT2D eigenvalue weighted by molar-refractivity contribution is -0.126. The number of likely N-dealkylation sites (tertiary alicyclic amines) is 1. The van der Waals surface area contributed by atoms with Crippen molar-refractivity contribution in [2.75, 3.05) is 13.1 Å². The molecular formula is C21H24ClN3O. The second-order valence-corrected chi connectivity index (χ2v) is 7.20. The molecule has 0 bridgehead atoms. The fourth-order valence-corrected chi connectivity index (χ4v) is 3.32. The van der Waals surface area contributed by atoms with Gasteiger partial charge in [0.2, 0.25) is 5.91 Å². The van der Waals surface area contributed by atoms with Crippen LogP contribution in [-0.2, 0) is 11.3 Å². The number of hydrogen-bond donors (Lipinski definition) is 1. The van der Waals surface area contributed by atoms with E-state index in [1.54, 1.807) is 6.21 Å². The Morgan fingerprint density at radius 2 is 1.88 bits per heavy atom. The topological polar surface area (TPSA) is 44.7 Å². The molecule has 1 aliphatic rings.